The second-order valence-electron chi connectivity index (χ2n) is 12.1. The molecular weight excluding hydrogens is 518 g/mol. The molecule has 0 aromatic heterocycles. The fourth-order valence-electron chi connectivity index (χ4n) is 5.65. The van der Waals surface area contributed by atoms with Gasteiger partial charge in [-0.3, -0.25) is 9.59 Å². The van der Waals surface area contributed by atoms with Crippen LogP contribution in [0, 0.1) is 0 Å². The maximum atomic E-state index is 11.0. The highest BCUT2D eigenvalue weighted by Crippen LogP contribution is 2.18. The molecule has 0 aromatic carbocycles. The van der Waals surface area contributed by atoms with Gasteiger partial charge in [-0.25, -0.2) is 0 Å². The molecule has 0 atom stereocenters. The monoisotopic (exact) mass is 581 g/mol. The Kier molecular flexibility index (Phi) is 26.9. The number of nitrogens with zero attached hydrogens (tertiary/aromatic N) is 1. The van der Waals surface area contributed by atoms with Crippen molar-refractivity contribution in [2.45, 2.75) is 161 Å². The normalized spacial score (nSPS) is 11.8. The first kappa shape index (κ1) is 39.1. The molecule has 0 heterocycles. The van der Waals surface area contributed by atoms with Crippen molar-refractivity contribution < 1.29 is 34.2 Å². The van der Waals surface area contributed by atoms with Crippen molar-refractivity contribution in [3.05, 3.63) is 12.2 Å². The smallest absolute Gasteiger partial charge is 0.303 e. The van der Waals surface area contributed by atoms with E-state index < -0.39 is 17.9 Å². The molecule has 240 valence electrons. The van der Waals surface area contributed by atoms with Gasteiger partial charge in [0.05, 0.1) is 26.2 Å². The Hall–Kier alpha value is -1.89. The van der Waals surface area contributed by atoms with E-state index in [2.05, 4.69) is 19.1 Å². The predicted octanol–water partition coefficient (Wildman–Crippen LogP) is 7.66. The number of quaternary nitrogens is 1. The van der Waals surface area contributed by atoms with E-state index in [0.717, 1.165) is 56.3 Å². The zero-order valence-electron chi connectivity index (χ0n) is 26.4. The molecule has 7 nitrogen and oxygen atoms in total. The molecule has 0 aliphatic carbocycles. The topological polar surface area (TPSA) is 115 Å². The van der Waals surface area contributed by atoms with Crippen molar-refractivity contribution in [1.29, 1.82) is 0 Å². The SMILES string of the molecule is CCCCCCCCCCCCCCCC/C=C/C[N+](CCCCC(=O)[O-])(CCCCC(=O)O)CCCCC(=O)O. The molecule has 2 N–H and O–H groups in total. The molecule has 41 heavy (non-hydrogen) atoms. The van der Waals surface area contributed by atoms with Crippen molar-refractivity contribution in [3.63, 3.8) is 0 Å². The van der Waals surface area contributed by atoms with E-state index in [1.54, 1.807) is 0 Å². The Morgan fingerprint density at radius 1 is 0.537 bits per heavy atom. The average molecular weight is 582 g/mol. The van der Waals surface area contributed by atoms with E-state index in [4.69, 9.17) is 10.2 Å². The standard InChI is InChI=1S/C34H63NO6/c1-2-3-4-5-6-7-8-9-10-11-12-13-14-15-16-17-21-28-35(29-22-18-25-32(36)37,30-23-19-26-33(38)39)31-24-20-27-34(40)41/h17,21H,2-16,18-20,22-31H2,1H3,(H2-,36,37,38,39,40,41)/b21-17+. The molecule has 0 aliphatic rings. The highest BCUT2D eigenvalue weighted by molar-refractivity contribution is 5.66. The number of carboxylic acids is 3. The minimum Gasteiger partial charge on any atom is -0.550 e. The molecule has 0 unspecified atom stereocenters. The number of carbonyl (C=O) groups is 3. The Balaban J connectivity index is 4.46. The number of rotatable bonds is 32. The average Bonchev–Trinajstić information content (AvgIpc) is 2.93. The molecule has 0 bridgehead atoms. The lowest BCUT2D eigenvalue weighted by Gasteiger charge is -2.38. The van der Waals surface area contributed by atoms with Crippen molar-refractivity contribution in [2.75, 3.05) is 26.2 Å². The fourth-order valence-corrected chi connectivity index (χ4v) is 5.65. The van der Waals surface area contributed by atoms with Crippen molar-refractivity contribution in [3.8, 4) is 0 Å². The van der Waals surface area contributed by atoms with E-state index in [0.29, 0.717) is 19.3 Å². The van der Waals surface area contributed by atoms with Crippen LogP contribution in [0.15, 0.2) is 12.2 Å². The van der Waals surface area contributed by atoms with Gasteiger partial charge in [-0.1, -0.05) is 96.5 Å². The third kappa shape index (κ3) is 28.0. The Morgan fingerprint density at radius 3 is 1.32 bits per heavy atom. The summed E-state index contributed by atoms with van der Waals surface area (Å²) >= 11 is 0. The van der Waals surface area contributed by atoms with Gasteiger partial charge in [0.2, 0.25) is 0 Å². The van der Waals surface area contributed by atoms with Gasteiger partial charge in [-0.05, 0) is 63.9 Å². The summed E-state index contributed by atoms with van der Waals surface area (Å²) in [6.07, 6.45) is 29.0. The molecule has 0 fully saturated rings. The number of hydrogen-bond donors (Lipinski definition) is 2. The van der Waals surface area contributed by atoms with Crippen molar-refractivity contribution in [2.24, 2.45) is 0 Å². The summed E-state index contributed by atoms with van der Waals surface area (Å²) in [7, 11) is 0. The minimum absolute atomic E-state index is 0.0486. The van der Waals surface area contributed by atoms with Crippen LogP contribution >= 0.6 is 0 Å². The van der Waals surface area contributed by atoms with Gasteiger partial charge in [0, 0.05) is 18.8 Å². The van der Waals surface area contributed by atoms with Crippen LogP contribution in [0.2, 0.25) is 0 Å². The van der Waals surface area contributed by atoms with Crippen LogP contribution in [-0.2, 0) is 14.4 Å². The van der Waals surface area contributed by atoms with Crippen LogP contribution in [0.3, 0.4) is 0 Å². The summed E-state index contributed by atoms with van der Waals surface area (Å²) in [5.41, 5.74) is 0. The van der Waals surface area contributed by atoms with Crippen LogP contribution in [0.1, 0.15) is 161 Å². The van der Waals surface area contributed by atoms with Crippen LogP contribution in [0.25, 0.3) is 0 Å². The molecule has 0 amide bonds. The quantitative estimate of drug-likeness (QED) is 0.0479. The van der Waals surface area contributed by atoms with E-state index in [1.165, 1.54) is 89.9 Å². The number of aliphatic carboxylic acids is 3. The van der Waals surface area contributed by atoms with Gasteiger partial charge in [0.25, 0.3) is 0 Å². The van der Waals surface area contributed by atoms with Gasteiger partial charge in [-0.15, -0.1) is 0 Å². The summed E-state index contributed by atoms with van der Waals surface area (Å²) in [4.78, 5) is 32.9. The highest BCUT2D eigenvalue weighted by atomic mass is 16.4. The third-order valence-electron chi connectivity index (χ3n) is 8.19. The first-order valence-corrected chi connectivity index (χ1v) is 16.9. The number of carboxylic acid groups (broad SMARTS) is 3. The molecule has 0 radical (unpaired) electrons. The summed E-state index contributed by atoms with van der Waals surface area (Å²) in [6, 6.07) is 0. The molecule has 0 rings (SSSR count). The van der Waals surface area contributed by atoms with Gasteiger partial charge in [0.1, 0.15) is 0 Å². The van der Waals surface area contributed by atoms with Crippen molar-refractivity contribution >= 4 is 17.9 Å². The van der Waals surface area contributed by atoms with Gasteiger partial charge in [0.15, 0.2) is 0 Å². The Morgan fingerprint density at radius 2 is 0.927 bits per heavy atom. The van der Waals surface area contributed by atoms with Crippen molar-refractivity contribution in [1.82, 2.24) is 0 Å². The first-order chi connectivity index (χ1) is 19.8. The molecule has 0 spiro atoms. The van der Waals surface area contributed by atoms with E-state index >= 15 is 0 Å². The summed E-state index contributed by atoms with van der Waals surface area (Å²) in [6.45, 7) is 5.56. The number of hydrogen-bond acceptors (Lipinski definition) is 4. The molecule has 0 aliphatic heterocycles. The maximum Gasteiger partial charge on any atom is 0.303 e. The zero-order valence-corrected chi connectivity index (χ0v) is 26.4. The van der Waals surface area contributed by atoms with Crippen LogP contribution in [0.4, 0.5) is 0 Å². The molecule has 0 saturated carbocycles. The second kappa shape index (κ2) is 28.2. The lowest BCUT2D eigenvalue weighted by molar-refractivity contribution is -0.923. The zero-order chi connectivity index (χ0) is 30.4. The molecular formula is C34H63NO6. The summed E-state index contributed by atoms with van der Waals surface area (Å²) in [5.74, 6) is -2.60. The molecule has 0 aromatic rings. The van der Waals surface area contributed by atoms with E-state index in [9.17, 15) is 19.5 Å². The number of carbonyl (C=O) groups excluding carboxylic acids is 1. The summed E-state index contributed by atoms with van der Waals surface area (Å²) in [5, 5.41) is 28.9. The largest absolute Gasteiger partial charge is 0.550 e. The summed E-state index contributed by atoms with van der Waals surface area (Å²) < 4.78 is 0.765. The van der Waals surface area contributed by atoms with Gasteiger partial charge >= 0.3 is 11.9 Å². The van der Waals surface area contributed by atoms with Crippen LogP contribution in [-0.4, -0.2) is 58.8 Å². The van der Waals surface area contributed by atoms with Crippen LogP contribution in [0.5, 0.6) is 0 Å². The van der Waals surface area contributed by atoms with E-state index in [1.807, 2.05) is 0 Å². The molecule has 0 saturated heterocycles. The number of allylic oxidation sites excluding steroid dienone is 1. The van der Waals surface area contributed by atoms with Gasteiger partial charge in [-0.2, -0.15) is 0 Å². The van der Waals surface area contributed by atoms with E-state index in [-0.39, 0.29) is 19.3 Å². The minimum atomic E-state index is -1.03. The lowest BCUT2D eigenvalue weighted by atomic mass is 10.0. The Labute approximate surface area is 251 Å². The maximum absolute atomic E-state index is 11.0. The van der Waals surface area contributed by atoms with Gasteiger partial charge < -0.3 is 24.6 Å². The Bertz CT molecular complexity index is 623. The highest BCUT2D eigenvalue weighted by Gasteiger charge is 2.25. The number of unbranched alkanes of at least 4 members (excludes halogenated alkanes) is 17. The first-order valence-electron chi connectivity index (χ1n) is 16.9. The second-order valence-corrected chi connectivity index (χ2v) is 12.1. The predicted molar refractivity (Wildman–Crippen MR) is 166 cm³/mol. The molecule has 7 heteroatoms. The fraction of sp³-hybridized carbons (Fsp3) is 0.853. The lowest BCUT2D eigenvalue weighted by Crippen LogP contribution is -2.50. The van der Waals surface area contributed by atoms with Crippen LogP contribution < -0.4 is 5.11 Å². The third-order valence-corrected chi connectivity index (χ3v) is 8.19.